The van der Waals surface area contributed by atoms with Gasteiger partial charge in [-0.1, -0.05) is 18.2 Å². The minimum absolute atomic E-state index is 0.0213. The highest BCUT2D eigenvalue weighted by Gasteiger charge is 2.10. The fourth-order valence-electron chi connectivity index (χ4n) is 1.28. The smallest absolute Gasteiger partial charge is 0.210 e. The van der Waals surface area contributed by atoms with Crippen LogP contribution in [-0.2, 0) is 4.74 Å². The molecule has 0 amide bonds. The predicted molar refractivity (Wildman–Crippen MR) is 57.6 cm³/mol. The molecule has 0 N–H and O–H groups in total. The van der Waals surface area contributed by atoms with Crippen molar-refractivity contribution in [3.05, 3.63) is 42.2 Å². The van der Waals surface area contributed by atoms with Crippen LogP contribution in [0.5, 0.6) is 0 Å². The number of ether oxygens (including phenoxy) is 1. The first kappa shape index (κ1) is 10.5. The van der Waals surface area contributed by atoms with Crippen molar-refractivity contribution in [2.75, 3.05) is 13.7 Å². The molecular weight excluding hydrogens is 206 g/mol. The van der Waals surface area contributed by atoms with Gasteiger partial charge in [0.25, 0.3) is 0 Å². The maximum absolute atomic E-state index is 11.4. The number of ketones is 1. The van der Waals surface area contributed by atoms with E-state index in [1.807, 2.05) is 30.3 Å². The van der Waals surface area contributed by atoms with E-state index in [2.05, 4.69) is 10.2 Å². The number of rotatable bonds is 4. The van der Waals surface area contributed by atoms with Crippen molar-refractivity contribution < 1.29 is 9.53 Å². The van der Waals surface area contributed by atoms with E-state index in [0.29, 0.717) is 5.69 Å². The maximum Gasteiger partial charge on any atom is 0.210 e. The van der Waals surface area contributed by atoms with Gasteiger partial charge in [0.15, 0.2) is 5.69 Å². The Morgan fingerprint density at radius 3 is 2.81 bits per heavy atom. The molecule has 0 spiro atoms. The molecule has 0 fully saturated rings. The van der Waals surface area contributed by atoms with Gasteiger partial charge in [-0.3, -0.25) is 4.79 Å². The molecular formula is C11H11N3O2. The normalized spacial score (nSPS) is 10.3. The lowest BCUT2D eigenvalue weighted by Crippen LogP contribution is -2.08. The van der Waals surface area contributed by atoms with Gasteiger partial charge >= 0.3 is 0 Å². The number of carbonyl (C=O) groups excluding carboxylic acids is 1. The van der Waals surface area contributed by atoms with Crippen molar-refractivity contribution in [3.8, 4) is 5.69 Å². The molecule has 0 aliphatic heterocycles. The molecule has 0 aliphatic rings. The van der Waals surface area contributed by atoms with E-state index in [9.17, 15) is 4.79 Å². The van der Waals surface area contributed by atoms with Gasteiger partial charge in [0.2, 0.25) is 5.78 Å². The van der Waals surface area contributed by atoms with Crippen LogP contribution < -0.4 is 0 Å². The largest absolute Gasteiger partial charge is 0.376 e. The molecule has 2 rings (SSSR count). The van der Waals surface area contributed by atoms with Crippen LogP contribution in [0.25, 0.3) is 5.69 Å². The predicted octanol–water partition coefficient (Wildman–Crippen LogP) is 1.10. The Morgan fingerprint density at radius 1 is 1.38 bits per heavy atom. The Labute approximate surface area is 92.7 Å². The first-order valence-corrected chi connectivity index (χ1v) is 4.81. The molecule has 2 aromatic rings. The van der Waals surface area contributed by atoms with E-state index in [1.165, 1.54) is 18.1 Å². The van der Waals surface area contributed by atoms with Crippen LogP contribution in [0.2, 0.25) is 0 Å². The van der Waals surface area contributed by atoms with E-state index in [-0.39, 0.29) is 12.4 Å². The molecule has 16 heavy (non-hydrogen) atoms. The number of Topliss-reactive ketones (excluding diaryl/α,β-unsaturated/α-hetero) is 1. The highest BCUT2D eigenvalue weighted by Crippen LogP contribution is 2.04. The summed E-state index contributed by atoms with van der Waals surface area (Å²) in [6, 6.07) is 9.41. The fourth-order valence-corrected chi connectivity index (χ4v) is 1.28. The van der Waals surface area contributed by atoms with E-state index >= 15 is 0 Å². The van der Waals surface area contributed by atoms with Gasteiger partial charge in [-0.2, -0.15) is 9.90 Å². The van der Waals surface area contributed by atoms with Gasteiger partial charge in [-0.15, -0.1) is 5.10 Å². The van der Waals surface area contributed by atoms with Crippen molar-refractivity contribution in [1.29, 1.82) is 0 Å². The quantitative estimate of drug-likeness (QED) is 0.719. The highest BCUT2D eigenvalue weighted by atomic mass is 16.5. The molecule has 1 heterocycles. The third kappa shape index (κ3) is 2.14. The minimum atomic E-state index is -0.176. The van der Waals surface area contributed by atoms with E-state index in [1.54, 1.807) is 0 Å². The summed E-state index contributed by atoms with van der Waals surface area (Å²) in [4.78, 5) is 12.9. The van der Waals surface area contributed by atoms with E-state index < -0.39 is 0 Å². The molecule has 5 heteroatoms. The minimum Gasteiger partial charge on any atom is -0.376 e. The number of aromatic nitrogens is 3. The number of benzene rings is 1. The molecule has 0 unspecified atom stereocenters. The summed E-state index contributed by atoms with van der Waals surface area (Å²) < 4.78 is 4.75. The number of methoxy groups -OCH3 is 1. The monoisotopic (exact) mass is 217 g/mol. The van der Waals surface area contributed by atoms with Crippen molar-refractivity contribution >= 4 is 5.78 Å². The van der Waals surface area contributed by atoms with Gasteiger partial charge < -0.3 is 4.74 Å². The van der Waals surface area contributed by atoms with Gasteiger partial charge in [0.05, 0.1) is 11.9 Å². The second kappa shape index (κ2) is 4.67. The van der Waals surface area contributed by atoms with Crippen LogP contribution in [-0.4, -0.2) is 34.5 Å². The van der Waals surface area contributed by atoms with Crippen LogP contribution in [0.4, 0.5) is 0 Å². The van der Waals surface area contributed by atoms with Gasteiger partial charge in [0, 0.05) is 7.11 Å². The summed E-state index contributed by atoms with van der Waals surface area (Å²) in [6.07, 6.45) is 1.44. The lowest BCUT2D eigenvalue weighted by Gasteiger charge is -1.97. The Morgan fingerprint density at radius 2 is 2.12 bits per heavy atom. The zero-order valence-electron chi connectivity index (χ0n) is 8.83. The zero-order valence-corrected chi connectivity index (χ0v) is 8.83. The molecule has 0 aliphatic carbocycles. The molecule has 0 radical (unpaired) electrons. The van der Waals surface area contributed by atoms with Crippen LogP contribution in [0.15, 0.2) is 36.5 Å². The molecule has 0 atom stereocenters. The summed E-state index contributed by atoms with van der Waals surface area (Å²) in [6.45, 7) is 0.0213. The number of para-hydroxylation sites is 1. The first-order chi connectivity index (χ1) is 7.81. The molecule has 1 aromatic heterocycles. The molecule has 5 nitrogen and oxygen atoms in total. The van der Waals surface area contributed by atoms with Crippen molar-refractivity contribution in [2.24, 2.45) is 0 Å². The Kier molecular flexibility index (Phi) is 3.07. The molecule has 1 aromatic carbocycles. The standard InChI is InChI=1S/C11H11N3O2/c1-16-8-11(15)10-7-12-14(13-10)9-5-3-2-4-6-9/h2-7H,8H2,1H3. The Bertz CT molecular complexity index is 479. The number of hydrogen-bond donors (Lipinski definition) is 0. The third-order valence-corrected chi connectivity index (χ3v) is 2.04. The summed E-state index contributed by atoms with van der Waals surface area (Å²) in [5, 5.41) is 8.09. The van der Waals surface area contributed by atoms with E-state index in [0.717, 1.165) is 5.69 Å². The van der Waals surface area contributed by atoms with Gasteiger partial charge in [-0.25, -0.2) is 0 Å². The topological polar surface area (TPSA) is 57.0 Å². The number of carbonyl (C=O) groups is 1. The Balaban J connectivity index is 2.23. The summed E-state index contributed by atoms with van der Waals surface area (Å²) in [5.74, 6) is -0.176. The number of nitrogens with zero attached hydrogens (tertiary/aromatic N) is 3. The second-order valence-corrected chi connectivity index (χ2v) is 3.21. The van der Waals surface area contributed by atoms with Gasteiger partial charge in [-0.05, 0) is 12.1 Å². The summed E-state index contributed by atoms with van der Waals surface area (Å²) >= 11 is 0. The number of hydrogen-bond acceptors (Lipinski definition) is 4. The molecule has 0 saturated carbocycles. The maximum atomic E-state index is 11.4. The van der Waals surface area contributed by atoms with Crippen LogP contribution in [0.1, 0.15) is 10.5 Å². The highest BCUT2D eigenvalue weighted by molar-refractivity contribution is 5.94. The lowest BCUT2D eigenvalue weighted by molar-refractivity contribution is 0.0842. The first-order valence-electron chi connectivity index (χ1n) is 4.81. The van der Waals surface area contributed by atoms with Crippen molar-refractivity contribution in [3.63, 3.8) is 0 Å². The second-order valence-electron chi connectivity index (χ2n) is 3.21. The zero-order chi connectivity index (χ0) is 11.4. The summed E-state index contributed by atoms with van der Waals surface area (Å²) in [5.41, 5.74) is 1.13. The van der Waals surface area contributed by atoms with Crippen molar-refractivity contribution in [1.82, 2.24) is 15.0 Å². The summed E-state index contributed by atoms with van der Waals surface area (Å²) in [7, 11) is 1.47. The SMILES string of the molecule is COCC(=O)c1cnn(-c2ccccc2)n1. The lowest BCUT2D eigenvalue weighted by atomic mass is 10.3. The fraction of sp³-hybridized carbons (Fsp3) is 0.182. The molecule has 0 saturated heterocycles. The van der Waals surface area contributed by atoms with Crippen LogP contribution >= 0.6 is 0 Å². The Hall–Kier alpha value is -2.01. The molecule has 82 valence electrons. The van der Waals surface area contributed by atoms with Crippen LogP contribution in [0, 0.1) is 0 Å². The van der Waals surface area contributed by atoms with E-state index in [4.69, 9.17) is 4.74 Å². The van der Waals surface area contributed by atoms with Crippen molar-refractivity contribution in [2.45, 2.75) is 0 Å². The molecule has 0 bridgehead atoms. The average Bonchev–Trinajstić information content (AvgIpc) is 2.80. The van der Waals surface area contributed by atoms with Crippen LogP contribution in [0.3, 0.4) is 0 Å². The van der Waals surface area contributed by atoms with Gasteiger partial charge in [0.1, 0.15) is 6.61 Å². The third-order valence-electron chi connectivity index (χ3n) is 2.04. The average molecular weight is 217 g/mol.